The third-order valence-corrected chi connectivity index (χ3v) is 3.99. The first-order chi connectivity index (χ1) is 11.0. The van der Waals surface area contributed by atoms with Gasteiger partial charge in [0.2, 0.25) is 0 Å². The van der Waals surface area contributed by atoms with Crippen molar-refractivity contribution in [3.8, 4) is 5.75 Å². The smallest absolute Gasteiger partial charge is 0.341 e. The van der Waals surface area contributed by atoms with Gasteiger partial charge >= 0.3 is 5.97 Å². The number of nitrogens with one attached hydrogen (secondary N) is 1. The third kappa shape index (κ3) is 4.77. The molecule has 0 aliphatic rings. The number of esters is 1. The topological polar surface area (TPSA) is 64.6 Å². The summed E-state index contributed by atoms with van der Waals surface area (Å²) in [5.41, 5.74) is 0.278. The second-order valence-corrected chi connectivity index (χ2v) is 6.13. The Hall–Kier alpha value is -1.93. The molecule has 2 aromatic rings. The summed E-state index contributed by atoms with van der Waals surface area (Å²) in [5.74, 6) is -1.61. The van der Waals surface area contributed by atoms with E-state index < -0.39 is 17.7 Å². The Labute approximate surface area is 144 Å². The number of ether oxygens (including phenoxy) is 2. The van der Waals surface area contributed by atoms with Gasteiger partial charge in [0, 0.05) is 4.47 Å². The fourth-order valence-corrected chi connectivity index (χ4v) is 2.80. The lowest BCUT2D eigenvalue weighted by Crippen LogP contribution is -2.21. The van der Waals surface area contributed by atoms with E-state index in [-0.39, 0.29) is 24.5 Å². The molecule has 2 rings (SSSR count). The minimum atomic E-state index is -0.574. The van der Waals surface area contributed by atoms with Crippen LogP contribution < -0.4 is 10.1 Å². The lowest BCUT2D eigenvalue weighted by molar-refractivity contribution is -0.118. The van der Waals surface area contributed by atoms with E-state index in [4.69, 9.17) is 9.47 Å². The maximum absolute atomic E-state index is 13.6. The molecule has 0 bridgehead atoms. The lowest BCUT2D eigenvalue weighted by atomic mass is 10.3. The summed E-state index contributed by atoms with van der Waals surface area (Å²) >= 11 is 4.32. The lowest BCUT2D eigenvalue weighted by Gasteiger charge is -2.08. The zero-order valence-electron chi connectivity index (χ0n) is 12.1. The molecule has 1 N–H and O–H groups in total. The molecule has 0 saturated heterocycles. The van der Waals surface area contributed by atoms with Crippen molar-refractivity contribution in [2.45, 2.75) is 6.92 Å². The molecular formula is C15H13BrFNO4S. The Morgan fingerprint density at radius 2 is 2.13 bits per heavy atom. The Balaban J connectivity index is 1.95. The van der Waals surface area contributed by atoms with E-state index in [9.17, 15) is 14.0 Å². The second-order valence-electron chi connectivity index (χ2n) is 4.30. The Morgan fingerprint density at radius 3 is 2.83 bits per heavy atom. The number of hydrogen-bond donors (Lipinski definition) is 1. The van der Waals surface area contributed by atoms with Crippen LogP contribution >= 0.6 is 27.3 Å². The van der Waals surface area contributed by atoms with E-state index in [1.54, 1.807) is 24.4 Å². The van der Waals surface area contributed by atoms with E-state index in [0.29, 0.717) is 9.47 Å². The molecule has 8 heteroatoms. The van der Waals surface area contributed by atoms with Crippen molar-refractivity contribution in [1.82, 2.24) is 0 Å². The molecular weight excluding hydrogens is 389 g/mol. The summed E-state index contributed by atoms with van der Waals surface area (Å²) in [6.45, 7) is 1.57. The van der Waals surface area contributed by atoms with Crippen molar-refractivity contribution in [3.05, 3.63) is 45.5 Å². The average molecular weight is 402 g/mol. The monoisotopic (exact) mass is 401 g/mol. The highest BCUT2D eigenvalue weighted by atomic mass is 79.9. The molecule has 0 unspecified atom stereocenters. The van der Waals surface area contributed by atoms with Crippen LogP contribution in [-0.2, 0) is 9.53 Å². The van der Waals surface area contributed by atoms with E-state index in [1.165, 1.54) is 23.5 Å². The number of amides is 1. The quantitative estimate of drug-likeness (QED) is 0.746. The van der Waals surface area contributed by atoms with Crippen LogP contribution in [0, 0.1) is 5.82 Å². The molecule has 0 aliphatic heterocycles. The summed E-state index contributed by atoms with van der Waals surface area (Å²) in [7, 11) is 0. The van der Waals surface area contributed by atoms with E-state index in [0.717, 1.165) is 0 Å². The highest BCUT2D eigenvalue weighted by Crippen LogP contribution is 2.24. The summed E-state index contributed by atoms with van der Waals surface area (Å²) in [4.78, 5) is 23.6. The van der Waals surface area contributed by atoms with Crippen LogP contribution in [0.4, 0.5) is 9.39 Å². The first-order valence-corrected chi connectivity index (χ1v) is 8.30. The zero-order valence-corrected chi connectivity index (χ0v) is 14.5. The Bertz CT molecular complexity index is 719. The van der Waals surface area contributed by atoms with Gasteiger partial charge in [-0.1, -0.05) is 15.9 Å². The van der Waals surface area contributed by atoms with Gasteiger partial charge < -0.3 is 14.8 Å². The predicted molar refractivity (Wildman–Crippen MR) is 88.5 cm³/mol. The molecule has 1 heterocycles. The fraction of sp³-hybridized carbons (Fsp3) is 0.200. The van der Waals surface area contributed by atoms with Crippen LogP contribution in [0.1, 0.15) is 17.3 Å². The molecule has 1 amide bonds. The SMILES string of the molecule is CCOC(=O)c1ccsc1NC(=O)COc1ccc(Br)cc1F. The Kier molecular flexibility index (Phi) is 6.12. The first kappa shape index (κ1) is 17.4. The van der Waals surface area contributed by atoms with Crippen LogP contribution in [0.2, 0.25) is 0 Å². The van der Waals surface area contributed by atoms with Gasteiger partial charge in [-0.2, -0.15) is 0 Å². The van der Waals surface area contributed by atoms with Gasteiger partial charge in [0.15, 0.2) is 18.2 Å². The van der Waals surface area contributed by atoms with Crippen LogP contribution in [0.25, 0.3) is 0 Å². The number of benzene rings is 1. The molecule has 1 aromatic carbocycles. The van der Waals surface area contributed by atoms with Crippen molar-refractivity contribution < 1.29 is 23.5 Å². The summed E-state index contributed by atoms with van der Waals surface area (Å²) < 4.78 is 24.2. The molecule has 5 nitrogen and oxygen atoms in total. The van der Waals surface area contributed by atoms with Gasteiger partial charge in [0.25, 0.3) is 5.91 Å². The van der Waals surface area contributed by atoms with E-state index >= 15 is 0 Å². The maximum Gasteiger partial charge on any atom is 0.341 e. The number of rotatable bonds is 6. The first-order valence-electron chi connectivity index (χ1n) is 6.63. The highest BCUT2D eigenvalue weighted by molar-refractivity contribution is 9.10. The molecule has 0 radical (unpaired) electrons. The maximum atomic E-state index is 13.6. The number of anilines is 1. The normalized spacial score (nSPS) is 10.2. The number of halogens is 2. The summed E-state index contributed by atoms with van der Waals surface area (Å²) in [6.07, 6.45) is 0. The third-order valence-electron chi connectivity index (χ3n) is 2.67. The number of carbonyl (C=O) groups is 2. The number of carbonyl (C=O) groups excluding carboxylic acids is 2. The molecule has 0 fully saturated rings. The standard InChI is InChI=1S/C15H13BrFNO4S/c1-2-21-15(20)10-5-6-23-14(10)18-13(19)8-22-12-4-3-9(16)7-11(12)17/h3-7H,2,8H2,1H3,(H,18,19). The fourth-order valence-electron chi connectivity index (χ4n) is 1.67. The molecule has 0 aliphatic carbocycles. The molecule has 1 aromatic heterocycles. The van der Waals surface area contributed by atoms with Gasteiger partial charge in [-0.05, 0) is 36.6 Å². The number of hydrogen-bond acceptors (Lipinski definition) is 5. The van der Waals surface area contributed by atoms with Gasteiger partial charge in [0.05, 0.1) is 12.2 Å². The van der Waals surface area contributed by atoms with E-state index in [1.807, 2.05) is 0 Å². The predicted octanol–water partition coefficient (Wildman–Crippen LogP) is 3.84. The van der Waals surface area contributed by atoms with Crippen LogP contribution in [0.15, 0.2) is 34.1 Å². The van der Waals surface area contributed by atoms with Crippen molar-refractivity contribution in [1.29, 1.82) is 0 Å². The van der Waals surface area contributed by atoms with Crippen molar-refractivity contribution in [2.75, 3.05) is 18.5 Å². The number of thiophene rings is 1. The van der Waals surface area contributed by atoms with Crippen molar-refractivity contribution in [3.63, 3.8) is 0 Å². The zero-order chi connectivity index (χ0) is 16.8. The van der Waals surface area contributed by atoms with Gasteiger partial charge in [-0.3, -0.25) is 4.79 Å². The second kappa shape index (κ2) is 8.07. The van der Waals surface area contributed by atoms with Crippen molar-refractivity contribution in [2.24, 2.45) is 0 Å². The highest BCUT2D eigenvalue weighted by Gasteiger charge is 2.16. The van der Waals surface area contributed by atoms with Crippen LogP contribution in [0.3, 0.4) is 0 Å². The minimum Gasteiger partial charge on any atom is -0.481 e. The van der Waals surface area contributed by atoms with E-state index in [2.05, 4.69) is 21.2 Å². The van der Waals surface area contributed by atoms with Gasteiger partial charge in [0.1, 0.15) is 5.00 Å². The molecule has 23 heavy (non-hydrogen) atoms. The minimum absolute atomic E-state index is 0.0276. The van der Waals surface area contributed by atoms with Crippen LogP contribution in [-0.4, -0.2) is 25.1 Å². The summed E-state index contributed by atoms with van der Waals surface area (Å²) in [6, 6.07) is 5.83. The van der Waals surface area contributed by atoms with Crippen molar-refractivity contribution >= 4 is 44.1 Å². The summed E-state index contributed by atoms with van der Waals surface area (Å²) in [5, 5.41) is 4.59. The average Bonchev–Trinajstić information content (AvgIpc) is 2.94. The van der Waals surface area contributed by atoms with Crippen LogP contribution in [0.5, 0.6) is 5.75 Å². The van der Waals surface area contributed by atoms with Gasteiger partial charge in [-0.25, -0.2) is 9.18 Å². The molecule has 0 saturated carbocycles. The molecule has 122 valence electrons. The largest absolute Gasteiger partial charge is 0.481 e. The molecule has 0 spiro atoms. The van der Waals surface area contributed by atoms with Gasteiger partial charge in [-0.15, -0.1) is 11.3 Å². The Morgan fingerprint density at radius 1 is 1.35 bits per heavy atom. The molecule has 0 atom stereocenters.